The summed E-state index contributed by atoms with van der Waals surface area (Å²) in [4.78, 5) is 25.1. The van der Waals surface area contributed by atoms with Crippen LogP contribution < -0.4 is 26.2 Å². The van der Waals surface area contributed by atoms with Crippen LogP contribution in [0.3, 0.4) is 0 Å². The number of hydrogen-bond donors (Lipinski definition) is 4. The van der Waals surface area contributed by atoms with E-state index in [4.69, 9.17) is 16.3 Å². The minimum absolute atomic E-state index is 0.0157. The molecule has 2 unspecified atom stereocenters. The molecule has 2 aromatic carbocycles. The monoisotopic (exact) mass is 454 g/mol. The van der Waals surface area contributed by atoms with Crippen molar-refractivity contribution >= 4 is 34.8 Å². The van der Waals surface area contributed by atoms with Crippen molar-refractivity contribution in [2.75, 3.05) is 24.3 Å². The van der Waals surface area contributed by atoms with E-state index in [-0.39, 0.29) is 30.3 Å². The zero-order valence-corrected chi connectivity index (χ0v) is 18.1. The van der Waals surface area contributed by atoms with Gasteiger partial charge in [0.05, 0.1) is 31.0 Å². The molecule has 1 saturated heterocycles. The fourth-order valence-corrected chi connectivity index (χ4v) is 3.62. The molecule has 9 nitrogen and oxygen atoms in total. The van der Waals surface area contributed by atoms with Gasteiger partial charge in [-0.3, -0.25) is 19.7 Å². The van der Waals surface area contributed by atoms with Crippen LogP contribution in [0.5, 0.6) is 5.75 Å². The standard InChI is InChI=1S/C22H23ClN6O3/c1-32-18-8-6-16(7-9-18)26-20(30)13-29-12-17(10-25-29)27-22(31)19-11-24-28-21(19)14-2-4-15(23)5-3-14/h2-10,12,19,21,24,28H,11,13H2,1H3,(H,26,30)(H,27,31). The molecule has 0 spiro atoms. The first-order chi connectivity index (χ1) is 15.5. The molecule has 2 atom stereocenters. The fourth-order valence-electron chi connectivity index (χ4n) is 3.50. The van der Waals surface area contributed by atoms with Crippen molar-refractivity contribution in [2.24, 2.45) is 5.92 Å². The Labute approximate surface area is 190 Å². The molecule has 3 aromatic rings. The van der Waals surface area contributed by atoms with E-state index in [2.05, 4.69) is 26.6 Å². The molecule has 0 saturated carbocycles. The fraction of sp³-hybridized carbons (Fsp3) is 0.227. The third kappa shape index (κ3) is 5.25. The number of methoxy groups -OCH3 is 1. The molecule has 1 aliphatic heterocycles. The van der Waals surface area contributed by atoms with Crippen molar-refractivity contribution < 1.29 is 14.3 Å². The number of rotatable bonds is 7. The molecule has 2 amide bonds. The summed E-state index contributed by atoms with van der Waals surface area (Å²) in [6.45, 7) is 0.499. The lowest BCUT2D eigenvalue weighted by atomic mass is 9.94. The minimum atomic E-state index is -0.321. The summed E-state index contributed by atoms with van der Waals surface area (Å²) in [6, 6.07) is 14.2. The van der Waals surface area contributed by atoms with Crippen LogP contribution in [-0.4, -0.2) is 35.2 Å². The highest BCUT2D eigenvalue weighted by molar-refractivity contribution is 6.30. The molecule has 1 aliphatic rings. The van der Waals surface area contributed by atoms with Crippen molar-refractivity contribution in [1.82, 2.24) is 20.6 Å². The van der Waals surface area contributed by atoms with Crippen LogP contribution in [0, 0.1) is 5.92 Å². The zero-order valence-electron chi connectivity index (χ0n) is 17.3. The Morgan fingerprint density at radius 2 is 1.88 bits per heavy atom. The van der Waals surface area contributed by atoms with Gasteiger partial charge in [-0.2, -0.15) is 5.10 Å². The third-order valence-corrected chi connectivity index (χ3v) is 5.38. The van der Waals surface area contributed by atoms with Gasteiger partial charge in [-0.1, -0.05) is 23.7 Å². The number of amides is 2. The molecule has 4 N–H and O–H groups in total. The average molecular weight is 455 g/mol. The Hall–Kier alpha value is -3.40. The van der Waals surface area contributed by atoms with Crippen LogP contribution in [0.25, 0.3) is 0 Å². The Balaban J connectivity index is 1.33. The molecule has 1 aromatic heterocycles. The van der Waals surface area contributed by atoms with E-state index in [1.165, 1.54) is 10.9 Å². The van der Waals surface area contributed by atoms with E-state index in [9.17, 15) is 9.59 Å². The van der Waals surface area contributed by atoms with Crippen LogP contribution in [0.15, 0.2) is 60.9 Å². The number of aromatic nitrogens is 2. The lowest BCUT2D eigenvalue weighted by molar-refractivity contribution is -0.120. The smallest absolute Gasteiger partial charge is 0.246 e. The first kappa shape index (κ1) is 21.8. The van der Waals surface area contributed by atoms with Gasteiger partial charge in [0, 0.05) is 23.5 Å². The molecule has 0 aliphatic carbocycles. The number of halogens is 1. The highest BCUT2D eigenvalue weighted by Gasteiger charge is 2.34. The molecule has 32 heavy (non-hydrogen) atoms. The number of carbonyl (C=O) groups is 2. The molecular weight excluding hydrogens is 432 g/mol. The summed E-state index contributed by atoms with van der Waals surface area (Å²) in [5, 5.41) is 10.5. The summed E-state index contributed by atoms with van der Waals surface area (Å²) in [5.74, 6) is 0.00661. The molecule has 0 bridgehead atoms. The lowest BCUT2D eigenvalue weighted by Crippen LogP contribution is -2.29. The maximum absolute atomic E-state index is 12.8. The van der Waals surface area contributed by atoms with Crippen molar-refractivity contribution in [3.8, 4) is 5.75 Å². The van der Waals surface area contributed by atoms with E-state index < -0.39 is 0 Å². The van der Waals surface area contributed by atoms with Crippen LogP contribution in [0.4, 0.5) is 11.4 Å². The van der Waals surface area contributed by atoms with E-state index in [0.29, 0.717) is 28.7 Å². The Kier molecular flexibility index (Phi) is 6.69. The highest BCUT2D eigenvalue weighted by atomic mass is 35.5. The van der Waals surface area contributed by atoms with Gasteiger partial charge in [0.15, 0.2) is 0 Å². The van der Waals surface area contributed by atoms with E-state index >= 15 is 0 Å². The quantitative estimate of drug-likeness (QED) is 0.437. The third-order valence-electron chi connectivity index (χ3n) is 5.13. The highest BCUT2D eigenvalue weighted by Crippen LogP contribution is 2.27. The molecule has 2 heterocycles. The summed E-state index contributed by atoms with van der Waals surface area (Å²) in [6.07, 6.45) is 3.14. The SMILES string of the molecule is COc1ccc(NC(=O)Cn2cc(NC(=O)C3CNNC3c3ccc(Cl)cc3)cn2)cc1. The summed E-state index contributed by atoms with van der Waals surface area (Å²) in [5.41, 5.74) is 8.32. The van der Waals surface area contributed by atoms with E-state index in [1.54, 1.807) is 49.7 Å². The average Bonchev–Trinajstić information content (AvgIpc) is 3.44. The van der Waals surface area contributed by atoms with Gasteiger partial charge in [0.1, 0.15) is 12.3 Å². The van der Waals surface area contributed by atoms with Gasteiger partial charge in [-0.05, 0) is 42.0 Å². The zero-order chi connectivity index (χ0) is 22.5. The number of carbonyl (C=O) groups excluding carboxylic acids is 2. The number of anilines is 2. The van der Waals surface area contributed by atoms with Gasteiger partial charge < -0.3 is 15.4 Å². The molecule has 10 heteroatoms. The van der Waals surface area contributed by atoms with Crippen molar-refractivity contribution in [3.63, 3.8) is 0 Å². The Morgan fingerprint density at radius 3 is 2.59 bits per heavy atom. The van der Waals surface area contributed by atoms with E-state index in [0.717, 1.165) is 5.56 Å². The van der Waals surface area contributed by atoms with Gasteiger partial charge in [-0.15, -0.1) is 0 Å². The molecular formula is C22H23ClN6O3. The van der Waals surface area contributed by atoms with Crippen LogP contribution >= 0.6 is 11.6 Å². The second-order valence-corrected chi connectivity index (χ2v) is 7.79. The molecule has 0 radical (unpaired) electrons. The largest absolute Gasteiger partial charge is 0.497 e. The van der Waals surface area contributed by atoms with Crippen LogP contribution in [0.1, 0.15) is 11.6 Å². The van der Waals surface area contributed by atoms with Crippen molar-refractivity contribution in [3.05, 3.63) is 71.5 Å². The Bertz CT molecular complexity index is 1080. The van der Waals surface area contributed by atoms with Crippen molar-refractivity contribution in [2.45, 2.75) is 12.6 Å². The number of nitrogens with one attached hydrogen (secondary N) is 4. The molecule has 1 fully saturated rings. The van der Waals surface area contributed by atoms with Crippen LogP contribution in [0.2, 0.25) is 5.02 Å². The number of hydrogen-bond acceptors (Lipinski definition) is 6. The summed E-state index contributed by atoms with van der Waals surface area (Å²) in [7, 11) is 1.58. The maximum Gasteiger partial charge on any atom is 0.246 e. The van der Waals surface area contributed by atoms with Crippen LogP contribution in [-0.2, 0) is 16.1 Å². The number of ether oxygens (including phenoxy) is 1. The van der Waals surface area contributed by atoms with Gasteiger partial charge >= 0.3 is 0 Å². The predicted molar refractivity (Wildman–Crippen MR) is 121 cm³/mol. The topological polar surface area (TPSA) is 109 Å². The Morgan fingerprint density at radius 1 is 1.12 bits per heavy atom. The number of nitrogens with zero attached hydrogens (tertiary/aromatic N) is 2. The first-order valence-electron chi connectivity index (χ1n) is 10.0. The second-order valence-electron chi connectivity index (χ2n) is 7.35. The van der Waals surface area contributed by atoms with Gasteiger partial charge in [-0.25, -0.2) is 5.43 Å². The second kappa shape index (κ2) is 9.82. The van der Waals surface area contributed by atoms with E-state index in [1.807, 2.05) is 12.1 Å². The number of benzene rings is 2. The van der Waals surface area contributed by atoms with Gasteiger partial charge in [0.2, 0.25) is 11.8 Å². The van der Waals surface area contributed by atoms with Crippen molar-refractivity contribution in [1.29, 1.82) is 0 Å². The lowest BCUT2D eigenvalue weighted by Gasteiger charge is -2.18. The maximum atomic E-state index is 12.8. The first-order valence-corrected chi connectivity index (χ1v) is 10.4. The summed E-state index contributed by atoms with van der Waals surface area (Å²) >= 11 is 5.96. The molecule has 4 rings (SSSR count). The number of hydrazine groups is 1. The minimum Gasteiger partial charge on any atom is -0.497 e. The summed E-state index contributed by atoms with van der Waals surface area (Å²) < 4.78 is 6.57. The normalized spacial score (nSPS) is 17.7. The predicted octanol–water partition coefficient (Wildman–Crippen LogP) is 2.59. The molecule has 166 valence electrons. The van der Waals surface area contributed by atoms with Gasteiger partial charge in [0.25, 0.3) is 0 Å².